The van der Waals surface area contributed by atoms with Crippen molar-refractivity contribution in [2.75, 3.05) is 20.6 Å². The topological polar surface area (TPSA) is 45.5 Å². The van der Waals surface area contributed by atoms with E-state index in [1.54, 1.807) is 13.0 Å². The lowest BCUT2D eigenvalue weighted by Crippen LogP contribution is -2.34. The minimum Gasteiger partial charge on any atom is -0.451 e. The van der Waals surface area contributed by atoms with Gasteiger partial charge in [-0.2, -0.15) is 0 Å². The largest absolute Gasteiger partial charge is 0.451 e. The van der Waals surface area contributed by atoms with Crippen molar-refractivity contribution in [2.45, 2.75) is 13.0 Å². The molecule has 0 radical (unpaired) electrons. The molecular weight excluding hydrogens is 319 g/mol. The molecule has 1 unspecified atom stereocenters. The number of hydrogen-bond donors (Lipinski definition) is 1. The van der Waals surface area contributed by atoms with Crippen molar-refractivity contribution in [1.29, 1.82) is 0 Å². The second-order valence-corrected chi connectivity index (χ2v) is 6.30. The number of likely N-dealkylation sites (N-methyl/N-ethyl adjacent to an activating group) is 1. The highest BCUT2D eigenvalue weighted by molar-refractivity contribution is 5.98. The van der Waals surface area contributed by atoms with Gasteiger partial charge in [0, 0.05) is 17.5 Å². The van der Waals surface area contributed by atoms with Gasteiger partial charge in [0.2, 0.25) is 0 Å². The minimum atomic E-state index is -0.347. The number of fused-ring (bicyclic) bond motifs is 1. The number of halogens is 1. The number of carbonyl (C=O) groups is 1. The van der Waals surface area contributed by atoms with Crippen molar-refractivity contribution in [3.63, 3.8) is 0 Å². The van der Waals surface area contributed by atoms with Crippen LogP contribution in [0, 0.1) is 12.7 Å². The second-order valence-electron chi connectivity index (χ2n) is 6.30. The van der Waals surface area contributed by atoms with Crippen molar-refractivity contribution >= 4 is 16.9 Å². The molecule has 130 valence electrons. The molecule has 0 aliphatic heterocycles. The Morgan fingerprint density at radius 2 is 1.92 bits per heavy atom. The molecular formula is C20H21FN2O2. The number of carbonyl (C=O) groups excluding carboxylic acids is 1. The van der Waals surface area contributed by atoms with E-state index in [9.17, 15) is 9.18 Å². The third-order valence-electron chi connectivity index (χ3n) is 4.37. The van der Waals surface area contributed by atoms with Crippen LogP contribution in [0.5, 0.6) is 0 Å². The molecule has 1 atom stereocenters. The summed E-state index contributed by atoms with van der Waals surface area (Å²) in [5.74, 6) is -0.414. The van der Waals surface area contributed by atoms with Gasteiger partial charge in [0.25, 0.3) is 5.91 Å². The van der Waals surface area contributed by atoms with Crippen LogP contribution >= 0.6 is 0 Å². The molecule has 1 heterocycles. The fourth-order valence-corrected chi connectivity index (χ4v) is 2.95. The molecule has 4 nitrogen and oxygen atoms in total. The average molecular weight is 340 g/mol. The van der Waals surface area contributed by atoms with Crippen molar-refractivity contribution in [1.82, 2.24) is 10.2 Å². The molecule has 0 bridgehead atoms. The van der Waals surface area contributed by atoms with E-state index in [0.29, 0.717) is 23.1 Å². The highest BCUT2D eigenvalue weighted by Crippen LogP contribution is 2.26. The fourth-order valence-electron chi connectivity index (χ4n) is 2.95. The molecule has 1 aromatic heterocycles. The summed E-state index contributed by atoms with van der Waals surface area (Å²) in [6.45, 7) is 2.21. The molecule has 2 aromatic carbocycles. The average Bonchev–Trinajstić information content (AvgIpc) is 2.92. The van der Waals surface area contributed by atoms with E-state index in [-0.39, 0.29) is 23.5 Å². The van der Waals surface area contributed by atoms with Gasteiger partial charge in [0.15, 0.2) is 5.76 Å². The van der Waals surface area contributed by atoms with Crippen LogP contribution in [0.1, 0.15) is 27.7 Å². The predicted octanol–water partition coefficient (Wildman–Crippen LogP) is 3.91. The van der Waals surface area contributed by atoms with Crippen molar-refractivity contribution in [3.05, 3.63) is 71.2 Å². The Bertz CT molecular complexity index is 887. The first kappa shape index (κ1) is 17.2. The quantitative estimate of drug-likeness (QED) is 0.766. The van der Waals surface area contributed by atoms with Crippen LogP contribution in [0.4, 0.5) is 4.39 Å². The summed E-state index contributed by atoms with van der Waals surface area (Å²) < 4.78 is 19.0. The standard InChI is InChI=1S/C20H21FN2O2/c1-13-16-11-15(21)9-10-18(16)25-19(13)20(24)22-12-17(23(2)3)14-7-5-4-6-8-14/h4-11,17H,12H2,1-3H3,(H,22,24). The number of aryl methyl sites for hydroxylation is 1. The number of hydrogen-bond acceptors (Lipinski definition) is 3. The lowest BCUT2D eigenvalue weighted by atomic mass is 10.1. The van der Waals surface area contributed by atoms with Gasteiger partial charge in [0.05, 0.1) is 6.04 Å². The lowest BCUT2D eigenvalue weighted by molar-refractivity contribution is 0.0915. The minimum absolute atomic E-state index is 0.0484. The van der Waals surface area contributed by atoms with Gasteiger partial charge in [-0.15, -0.1) is 0 Å². The Kier molecular flexibility index (Phi) is 4.86. The van der Waals surface area contributed by atoms with Crippen molar-refractivity contribution in [3.8, 4) is 0 Å². The SMILES string of the molecule is Cc1c(C(=O)NCC(c2ccccc2)N(C)C)oc2ccc(F)cc12. The number of nitrogens with zero attached hydrogens (tertiary/aromatic N) is 1. The van der Waals surface area contributed by atoms with Gasteiger partial charge in [-0.1, -0.05) is 30.3 Å². The van der Waals surface area contributed by atoms with E-state index in [4.69, 9.17) is 4.42 Å². The molecule has 3 aromatic rings. The number of benzene rings is 2. The van der Waals surface area contributed by atoms with Crippen LogP contribution in [0.2, 0.25) is 0 Å². The Morgan fingerprint density at radius 1 is 1.20 bits per heavy atom. The zero-order chi connectivity index (χ0) is 18.0. The highest BCUT2D eigenvalue weighted by Gasteiger charge is 2.20. The monoisotopic (exact) mass is 340 g/mol. The van der Waals surface area contributed by atoms with E-state index < -0.39 is 0 Å². The first-order valence-corrected chi connectivity index (χ1v) is 8.15. The predicted molar refractivity (Wildman–Crippen MR) is 96.1 cm³/mol. The summed E-state index contributed by atoms with van der Waals surface area (Å²) in [4.78, 5) is 14.6. The van der Waals surface area contributed by atoms with Gasteiger partial charge in [-0.25, -0.2) is 4.39 Å². The maximum Gasteiger partial charge on any atom is 0.287 e. The van der Waals surface area contributed by atoms with Gasteiger partial charge in [-0.3, -0.25) is 4.79 Å². The maximum atomic E-state index is 13.4. The van der Waals surface area contributed by atoms with Crippen molar-refractivity contribution < 1.29 is 13.6 Å². The van der Waals surface area contributed by atoms with E-state index in [0.717, 1.165) is 5.56 Å². The van der Waals surface area contributed by atoms with Gasteiger partial charge in [0.1, 0.15) is 11.4 Å². The first-order chi connectivity index (χ1) is 12.0. The third kappa shape index (κ3) is 3.56. The molecule has 0 spiro atoms. The molecule has 0 fully saturated rings. The first-order valence-electron chi connectivity index (χ1n) is 8.15. The Balaban J connectivity index is 1.79. The van der Waals surface area contributed by atoms with Crippen LogP contribution in [-0.2, 0) is 0 Å². The Hall–Kier alpha value is -2.66. The summed E-state index contributed by atoms with van der Waals surface area (Å²) in [6, 6.07) is 14.3. The van der Waals surface area contributed by atoms with Crippen LogP contribution < -0.4 is 5.32 Å². The summed E-state index contributed by atoms with van der Waals surface area (Å²) in [6.07, 6.45) is 0. The normalized spacial score (nSPS) is 12.5. The molecule has 0 aliphatic rings. The van der Waals surface area contributed by atoms with Crippen LogP contribution in [0.3, 0.4) is 0 Å². The van der Waals surface area contributed by atoms with E-state index >= 15 is 0 Å². The van der Waals surface area contributed by atoms with Crippen LogP contribution in [0.25, 0.3) is 11.0 Å². The summed E-state index contributed by atoms with van der Waals surface area (Å²) in [5.41, 5.74) is 2.28. The number of nitrogens with one attached hydrogen (secondary N) is 1. The Morgan fingerprint density at radius 3 is 2.60 bits per heavy atom. The van der Waals surface area contributed by atoms with Gasteiger partial charge in [-0.05, 0) is 44.8 Å². The zero-order valence-electron chi connectivity index (χ0n) is 14.5. The van der Waals surface area contributed by atoms with E-state index in [2.05, 4.69) is 10.2 Å². The summed E-state index contributed by atoms with van der Waals surface area (Å²) in [7, 11) is 3.94. The molecule has 3 rings (SSSR count). The van der Waals surface area contributed by atoms with Gasteiger partial charge < -0.3 is 14.6 Å². The van der Waals surface area contributed by atoms with Crippen LogP contribution in [-0.4, -0.2) is 31.4 Å². The molecule has 0 saturated heterocycles. The fraction of sp³-hybridized carbons (Fsp3) is 0.250. The lowest BCUT2D eigenvalue weighted by Gasteiger charge is -2.25. The molecule has 5 heteroatoms. The molecule has 1 amide bonds. The van der Waals surface area contributed by atoms with E-state index in [1.165, 1.54) is 12.1 Å². The number of rotatable bonds is 5. The molecule has 25 heavy (non-hydrogen) atoms. The smallest absolute Gasteiger partial charge is 0.287 e. The second kappa shape index (κ2) is 7.07. The number of furan rings is 1. The summed E-state index contributed by atoms with van der Waals surface area (Å²) in [5, 5.41) is 3.55. The molecule has 0 saturated carbocycles. The summed E-state index contributed by atoms with van der Waals surface area (Å²) >= 11 is 0. The third-order valence-corrected chi connectivity index (χ3v) is 4.37. The zero-order valence-corrected chi connectivity index (χ0v) is 14.5. The van der Waals surface area contributed by atoms with Crippen LogP contribution in [0.15, 0.2) is 52.9 Å². The number of amides is 1. The molecule has 0 aliphatic carbocycles. The maximum absolute atomic E-state index is 13.4. The highest BCUT2D eigenvalue weighted by atomic mass is 19.1. The Labute approximate surface area is 146 Å². The van der Waals surface area contributed by atoms with Crippen molar-refractivity contribution in [2.24, 2.45) is 0 Å². The van der Waals surface area contributed by atoms with E-state index in [1.807, 2.05) is 44.4 Å². The molecule has 1 N–H and O–H groups in total. The van der Waals surface area contributed by atoms with Gasteiger partial charge >= 0.3 is 0 Å².